The van der Waals surface area contributed by atoms with Gasteiger partial charge in [-0.15, -0.1) is 0 Å². The molecule has 39 heavy (non-hydrogen) atoms. The minimum absolute atomic E-state index is 0.0610. The molecule has 0 aliphatic carbocycles. The maximum absolute atomic E-state index is 14.8. The zero-order valence-electron chi connectivity index (χ0n) is 21.1. The molecule has 0 unspecified atom stereocenters. The molecule has 7 heteroatoms. The van der Waals surface area contributed by atoms with Crippen LogP contribution in [0.25, 0.3) is 0 Å². The second-order valence-corrected chi connectivity index (χ2v) is 7.63. The number of carbonyl (C=O) groups excluding carboxylic acids is 2. The highest BCUT2D eigenvalue weighted by molar-refractivity contribution is 5.81. The van der Waals surface area contributed by atoms with Crippen LogP contribution in [-0.2, 0) is 19.1 Å². The minimum Gasteiger partial charge on any atom is -0.489 e. The topological polar surface area (TPSA) is 71.1 Å². The van der Waals surface area contributed by atoms with E-state index in [4.69, 9.17) is 18.9 Å². The highest BCUT2D eigenvalue weighted by Crippen LogP contribution is 2.19. The van der Waals surface area contributed by atoms with Gasteiger partial charge in [0.2, 0.25) is 0 Å². The van der Waals surface area contributed by atoms with Crippen LogP contribution in [-0.4, -0.2) is 38.4 Å². The third-order valence-corrected chi connectivity index (χ3v) is 4.92. The molecule has 0 heterocycles. The standard InChI is InChI=1S/C32H25FO6/c1-3-31(34)38-21-19-36-29-11-7-5-9-26(29)16-14-24-13-15-25(28(33)23-24)17-18-27-10-6-8-12-30(27)37-20-22-39-32(35)4-2/h3-13,15,23H,1-2,19-22H2. The number of hydrogen-bond donors (Lipinski definition) is 0. The van der Waals surface area contributed by atoms with Crippen LogP contribution < -0.4 is 9.47 Å². The van der Waals surface area contributed by atoms with E-state index in [1.54, 1.807) is 54.6 Å². The van der Waals surface area contributed by atoms with Crippen LogP contribution in [0, 0.1) is 29.5 Å². The summed E-state index contributed by atoms with van der Waals surface area (Å²) in [5.74, 6) is 11.1. The van der Waals surface area contributed by atoms with E-state index in [2.05, 4.69) is 36.8 Å². The van der Waals surface area contributed by atoms with Gasteiger partial charge in [-0.25, -0.2) is 14.0 Å². The van der Waals surface area contributed by atoms with Crippen molar-refractivity contribution in [1.82, 2.24) is 0 Å². The van der Waals surface area contributed by atoms with E-state index in [0.29, 0.717) is 28.2 Å². The fraction of sp³-hybridized carbons (Fsp3) is 0.125. The second kappa shape index (κ2) is 15.1. The van der Waals surface area contributed by atoms with E-state index < -0.39 is 17.8 Å². The van der Waals surface area contributed by atoms with Crippen molar-refractivity contribution in [2.24, 2.45) is 0 Å². The van der Waals surface area contributed by atoms with Gasteiger partial charge in [-0.1, -0.05) is 61.1 Å². The lowest BCUT2D eigenvalue weighted by Crippen LogP contribution is -2.10. The molecule has 0 N–H and O–H groups in total. The Hall–Kier alpha value is -5.27. The number of benzene rings is 3. The zero-order valence-corrected chi connectivity index (χ0v) is 21.1. The summed E-state index contributed by atoms with van der Waals surface area (Å²) in [5.41, 5.74) is 1.83. The van der Waals surface area contributed by atoms with E-state index in [0.717, 1.165) is 12.2 Å². The zero-order chi connectivity index (χ0) is 27.9. The molecule has 0 atom stereocenters. The SMILES string of the molecule is C=CC(=O)OCCOc1ccccc1C#Cc1ccc(C#Cc2ccccc2OCCOC(=O)C=C)c(F)c1. The van der Waals surface area contributed by atoms with Crippen molar-refractivity contribution in [3.8, 4) is 35.2 Å². The first kappa shape index (κ1) is 28.3. The van der Waals surface area contributed by atoms with Gasteiger partial charge in [-0.05, 0) is 42.5 Å². The molecule has 6 nitrogen and oxygen atoms in total. The van der Waals surface area contributed by atoms with Gasteiger partial charge in [0.25, 0.3) is 0 Å². The number of carbonyl (C=O) groups is 2. The lowest BCUT2D eigenvalue weighted by molar-refractivity contribution is -0.139. The van der Waals surface area contributed by atoms with Crippen molar-refractivity contribution in [3.05, 3.63) is 120 Å². The normalized spacial score (nSPS) is 9.56. The summed E-state index contributed by atoms with van der Waals surface area (Å²) in [6.07, 6.45) is 2.16. The van der Waals surface area contributed by atoms with Crippen molar-refractivity contribution in [1.29, 1.82) is 0 Å². The van der Waals surface area contributed by atoms with E-state index in [1.165, 1.54) is 6.07 Å². The first-order valence-electron chi connectivity index (χ1n) is 11.9. The summed E-state index contributed by atoms with van der Waals surface area (Å²) in [6, 6.07) is 18.7. The maximum atomic E-state index is 14.8. The second-order valence-electron chi connectivity index (χ2n) is 7.63. The largest absolute Gasteiger partial charge is 0.489 e. The summed E-state index contributed by atoms with van der Waals surface area (Å²) in [6.45, 7) is 7.09. The van der Waals surface area contributed by atoms with E-state index in [-0.39, 0.29) is 32.0 Å². The molecular weight excluding hydrogens is 499 g/mol. The minimum atomic E-state index is -0.531. The van der Waals surface area contributed by atoms with Crippen molar-refractivity contribution >= 4 is 11.9 Å². The third-order valence-electron chi connectivity index (χ3n) is 4.92. The van der Waals surface area contributed by atoms with Gasteiger partial charge < -0.3 is 18.9 Å². The Labute approximate surface area is 226 Å². The molecule has 3 aromatic carbocycles. The monoisotopic (exact) mass is 524 g/mol. The smallest absolute Gasteiger partial charge is 0.330 e. The fourth-order valence-corrected chi connectivity index (χ4v) is 3.07. The summed E-state index contributed by atoms with van der Waals surface area (Å²) >= 11 is 0. The predicted molar refractivity (Wildman–Crippen MR) is 145 cm³/mol. The molecule has 0 radical (unpaired) electrons. The van der Waals surface area contributed by atoms with Crippen LogP contribution in [0.3, 0.4) is 0 Å². The van der Waals surface area contributed by atoms with E-state index >= 15 is 0 Å². The summed E-state index contributed by atoms with van der Waals surface area (Å²) in [5, 5.41) is 0. The van der Waals surface area contributed by atoms with Gasteiger partial charge in [0.05, 0.1) is 16.7 Å². The van der Waals surface area contributed by atoms with Crippen LogP contribution in [0.2, 0.25) is 0 Å². The van der Waals surface area contributed by atoms with Crippen LogP contribution >= 0.6 is 0 Å². The number of hydrogen-bond acceptors (Lipinski definition) is 6. The van der Waals surface area contributed by atoms with Crippen molar-refractivity contribution in [2.45, 2.75) is 0 Å². The van der Waals surface area contributed by atoms with Gasteiger partial charge >= 0.3 is 11.9 Å². The first-order chi connectivity index (χ1) is 19.0. The van der Waals surface area contributed by atoms with Crippen LogP contribution in [0.4, 0.5) is 4.39 Å². The molecule has 0 bridgehead atoms. The van der Waals surface area contributed by atoms with Gasteiger partial charge in [-0.2, -0.15) is 0 Å². The molecule has 0 aliphatic heterocycles. The number of para-hydroxylation sites is 2. The Morgan fingerprint density at radius 3 is 1.67 bits per heavy atom. The molecule has 0 fully saturated rings. The molecule has 0 spiro atoms. The molecule has 0 amide bonds. The van der Waals surface area contributed by atoms with E-state index in [9.17, 15) is 14.0 Å². The van der Waals surface area contributed by atoms with E-state index in [1.807, 2.05) is 6.07 Å². The number of ether oxygens (including phenoxy) is 4. The summed E-state index contributed by atoms with van der Waals surface area (Å²) < 4.78 is 35.9. The highest BCUT2D eigenvalue weighted by atomic mass is 19.1. The Bertz CT molecular complexity index is 1470. The Morgan fingerprint density at radius 2 is 1.15 bits per heavy atom. The van der Waals surface area contributed by atoms with Gasteiger partial charge in [0.15, 0.2) is 0 Å². The van der Waals surface area contributed by atoms with Gasteiger partial charge in [-0.3, -0.25) is 0 Å². The fourth-order valence-electron chi connectivity index (χ4n) is 3.07. The molecule has 0 saturated carbocycles. The average Bonchev–Trinajstić information content (AvgIpc) is 2.96. The Balaban J connectivity index is 1.67. The summed E-state index contributed by atoms with van der Waals surface area (Å²) in [4.78, 5) is 22.3. The van der Waals surface area contributed by atoms with Crippen molar-refractivity contribution in [3.63, 3.8) is 0 Å². The molecular formula is C32H25FO6. The third kappa shape index (κ3) is 9.27. The van der Waals surface area contributed by atoms with Crippen molar-refractivity contribution < 1.29 is 32.9 Å². The van der Waals surface area contributed by atoms with Crippen LogP contribution in [0.1, 0.15) is 22.3 Å². The molecule has 0 aliphatic rings. The number of rotatable bonds is 10. The van der Waals surface area contributed by atoms with Crippen molar-refractivity contribution in [2.75, 3.05) is 26.4 Å². The lowest BCUT2D eigenvalue weighted by atomic mass is 10.1. The predicted octanol–water partition coefficient (Wildman–Crippen LogP) is 4.84. The highest BCUT2D eigenvalue weighted by Gasteiger charge is 2.05. The lowest BCUT2D eigenvalue weighted by Gasteiger charge is -2.08. The Kier molecular flexibility index (Phi) is 11.0. The Morgan fingerprint density at radius 1 is 0.667 bits per heavy atom. The number of halogens is 1. The average molecular weight is 525 g/mol. The molecule has 3 rings (SSSR count). The summed E-state index contributed by atoms with van der Waals surface area (Å²) in [7, 11) is 0. The van der Waals surface area contributed by atoms with Crippen LogP contribution in [0.5, 0.6) is 11.5 Å². The van der Waals surface area contributed by atoms with Gasteiger partial charge in [0.1, 0.15) is 43.7 Å². The van der Waals surface area contributed by atoms with Gasteiger partial charge in [0, 0.05) is 17.7 Å². The molecule has 0 saturated heterocycles. The quantitative estimate of drug-likeness (QED) is 0.164. The molecule has 0 aromatic heterocycles. The maximum Gasteiger partial charge on any atom is 0.330 e. The number of esters is 2. The first-order valence-corrected chi connectivity index (χ1v) is 11.9. The molecule has 196 valence electrons. The molecule has 3 aromatic rings. The van der Waals surface area contributed by atoms with Crippen LogP contribution in [0.15, 0.2) is 92.0 Å².